The molecule has 0 aliphatic heterocycles. The van der Waals surface area contributed by atoms with Crippen molar-refractivity contribution in [2.45, 2.75) is 6.42 Å². The molecule has 1 aliphatic rings. The van der Waals surface area contributed by atoms with Crippen LogP contribution in [-0.4, -0.2) is 18.0 Å². The topological polar surface area (TPSA) is 46.5 Å². The summed E-state index contributed by atoms with van der Waals surface area (Å²) in [4.78, 5) is 12.2. The number of benzene rings is 2. The molecular formula is C19H16O3. The second-order valence-electron chi connectivity index (χ2n) is 5.15. The number of rotatable bonds is 3. The van der Waals surface area contributed by atoms with Crippen LogP contribution in [0.2, 0.25) is 0 Å². The van der Waals surface area contributed by atoms with Crippen LogP contribution in [0.15, 0.2) is 60.2 Å². The highest BCUT2D eigenvalue weighted by atomic mass is 16.5. The number of hydrogen-bond acceptors (Lipinski definition) is 3. The van der Waals surface area contributed by atoms with Crippen LogP contribution in [0.5, 0.6) is 11.5 Å². The van der Waals surface area contributed by atoms with Crippen LogP contribution in [0.1, 0.15) is 21.5 Å². The Morgan fingerprint density at radius 3 is 2.77 bits per heavy atom. The number of fused-ring (bicyclic) bond motifs is 1. The molecule has 0 heterocycles. The molecule has 0 radical (unpaired) electrons. The van der Waals surface area contributed by atoms with Gasteiger partial charge in [0.05, 0.1) is 7.11 Å². The minimum Gasteiger partial charge on any atom is -0.504 e. The second-order valence-corrected chi connectivity index (χ2v) is 5.15. The van der Waals surface area contributed by atoms with Crippen molar-refractivity contribution in [1.29, 1.82) is 0 Å². The van der Waals surface area contributed by atoms with Crippen molar-refractivity contribution in [3.8, 4) is 11.5 Å². The highest BCUT2D eigenvalue weighted by molar-refractivity contribution is 6.13. The maximum Gasteiger partial charge on any atom is 0.189 e. The van der Waals surface area contributed by atoms with Gasteiger partial charge in [-0.3, -0.25) is 4.79 Å². The van der Waals surface area contributed by atoms with Gasteiger partial charge in [-0.25, -0.2) is 0 Å². The number of methoxy groups -OCH3 is 1. The Morgan fingerprint density at radius 2 is 2.00 bits per heavy atom. The smallest absolute Gasteiger partial charge is 0.189 e. The molecule has 0 fully saturated rings. The first-order chi connectivity index (χ1) is 10.7. The maximum atomic E-state index is 12.2. The zero-order valence-electron chi connectivity index (χ0n) is 12.2. The van der Waals surface area contributed by atoms with Crippen LogP contribution in [-0.2, 0) is 6.42 Å². The van der Waals surface area contributed by atoms with E-state index in [1.807, 2.05) is 42.5 Å². The van der Waals surface area contributed by atoms with E-state index in [-0.39, 0.29) is 11.5 Å². The molecule has 3 heteroatoms. The van der Waals surface area contributed by atoms with Gasteiger partial charge in [-0.15, -0.1) is 0 Å². The summed E-state index contributed by atoms with van der Waals surface area (Å²) in [7, 11) is 1.51. The summed E-state index contributed by atoms with van der Waals surface area (Å²) in [5.74, 6) is 0.641. The number of hydrogen-bond donors (Lipinski definition) is 1. The number of phenols is 1. The molecule has 3 nitrogen and oxygen atoms in total. The van der Waals surface area contributed by atoms with E-state index < -0.39 is 0 Å². The molecule has 1 N–H and O–H groups in total. The molecule has 110 valence electrons. The summed E-state index contributed by atoms with van der Waals surface area (Å²) in [5, 5.41) is 9.56. The second kappa shape index (κ2) is 5.90. The number of carbonyl (C=O) groups is 1. The van der Waals surface area contributed by atoms with Crippen LogP contribution >= 0.6 is 0 Å². The number of carbonyl (C=O) groups excluding carboxylic acids is 1. The number of ketones is 1. The fourth-order valence-corrected chi connectivity index (χ4v) is 2.56. The number of phenolic OH excluding ortho intramolecular Hbond substituents is 1. The van der Waals surface area contributed by atoms with Crippen LogP contribution < -0.4 is 4.74 Å². The van der Waals surface area contributed by atoms with Gasteiger partial charge in [0.15, 0.2) is 17.3 Å². The van der Waals surface area contributed by atoms with E-state index in [4.69, 9.17) is 4.74 Å². The first-order valence-corrected chi connectivity index (χ1v) is 7.06. The molecular weight excluding hydrogens is 276 g/mol. The Balaban J connectivity index is 1.79. The predicted octanol–water partition coefficient (Wildman–Crippen LogP) is 3.78. The summed E-state index contributed by atoms with van der Waals surface area (Å²) in [6.45, 7) is 0. The van der Waals surface area contributed by atoms with Gasteiger partial charge in [-0.2, -0.15) is 0 Å². The average Bonchev–Trinajstić information content (AvgIpc) is 2.86. The van der Waals surface area contributed by atoms with Crippen LogP contribution in [0.4, 0.5) is 0 Å². The number of allylic oxidation sites excluding steroid dienone is 3. The Bertz CT molecular complexity index is 785. The monoisotopic (exact) mass is 292 g/mol. The lowest BCUT2D eigenvalue weighted by atomic mass is 10.1. The van der Waals surface area contributed by atoms with E-state index in [0.717, 1.165) is 22.3 Å². The first kappa shape index (κ1) is 14.1. The normalized spacial score (nSPS) is 15.5. The molecule has 0 amide bonds. The molecule has 3 rings (SSSR count). The Labute approximate surface area is 129 Å². The Hall–Kier alpha value is -2.81. The molecule has 0 aromatic heterocycles. The number of ether oxygens (including phenoxy) is 1. The summed E-state index contributed by atoms with van der Waals surface area (Å²) in [6, 6.07) is 12.8. The van der Waals surface area contributed by atoms with Gasteiger partial charge < -0.3 is 9.84 Å². The highest BCUT2D eigenvalue weighted by Gasteiger charge is 2.23. The average molecular weight is 292 g/mol. The zero-order chi connectivity index (χ0) is 15.5. The van der Waals surface area contributed by atoms with Crippen molar-refractivity contribution in [3.05, 3.63) is 76.9 Å². The van der Waals surface area contributed by atoms with Gasteiger partial charge in [0.2, 0.25) is 0 Å². The molecule has 0 saturated heterocycles. The number of Topliss-reactive ketones (excluding diaryl/α,β-unsaturated/α-hetero) is 1. The van der Waals surface area contributed by atoms with Crippen molar-refractivity contribution in [1.82, 2.24) is 0 Å². The van der Waals surface area contributed by atoms with Crippen LogP contribution in [0, 0.1) is 0 Å². The largest absolute Gasteiger partial charge is 0.504 e. The minimum absolute atomic E-state index is 0.100. The lowest BCUT2D eigenvalue weighted by Crippen LogP contribution is -1.94. The zero-order valence-corrected chi connectivity index (χ0v) is 12.2. The fourth-order valence-electron chi connectivity index (χ4n) is 2.56. The lowest BCUT2D eigenvalue weighted by molar-refractivity contribution is 0.103. The van der Waals surface area contributed by atoms with Crippen molar-refractivity contribution < 1.29 is 14.6 Å². The first-order valence-electron chi connectivity index (χ1n) is 7.06. The van der Waals surface area contributed by atoms with Crippen molar-refractivity contribution >= 4 is 11.9 Å². The fraction of sp³-hybridized carbons (Fsp3) is 0.105. The van der Waals surface area contributed by atoms with Gasteiger partial charge in [-0.1, -0.05) is 48.6 Å². The number of aromatic hydroxyl groups is 1. The highest BCUT2D eigenvalue weighted by Crippen LogP contribution is 2.28. The molecule has 2 aromatic carbocycles. The standard InChI is InChI=1S/C19H16O3/c1-22-18-11-13(9-10-17(18)20)5-4-7-15-12-14-6-2-3-8-16(14)19(15)21/h2-11,20H,12H2,1H3/b5-4+,15-7?. The van der Waals surface area contributed by atoms with E-state index in [0.29, 0.717) is 12.2 Å². The molecule has 0 spiro atoms. The van der Waals surface area contributed by atoms with Gasteiger partial charge >= 0.3 is 0 Å². The third-order valence-electron chi connectivity index (χ3n) is 3.72. The van der Waals surface area contributed by atoms with Gasteiger partial charge in [0.25, 0.3) is 0 Å². The lowest BCUT2D eigenvalue weighted by Gasteiger charge is -2.03. The van der Waals surface area contributed by atoms with E-state index in [1.165, 1.54) is 7.11 Å². The minimum atomic E-state index is 0.100. The van der Waals surface area contributed by atoms with E-state index in [2.05, 4.69) is 0 Å². The molecule has 0 unspecified atom stereocenters. The van der Waals surface area contributed by atoms with Crippen LogP contribution in [0.25, 0.3) is 6.08 Å². The maximum absolute atomic E-state index is 12.2. The van der Waals surface area contributed by atoms with Crippen molar-refractivity contribution in [2.75, 3.05) is 7.11 Å². The molecule has 0 saturated carbocycles. The third-order valence-corrected chi connectivity index (χ3v) is 3.72. The van der Waals surface area contributed by atoms with E-state index in [9.17, 15) is 9.90 Å². The Morgan fingerprint density at radius 1 is 1.18 bits per heavy atom. The molecule has 22 heavy (non-hydrogen) atoms. The van der Waals surface area contributed by atoms with E-state index in [1.54, 1.807) is 18.2 Å². The summed E-state index contributed by atoms with van der Waals surface area (Å²) >= 11 is 0. The summed E-state index contributed by atoms with van der Waals surface area (Å²) in [5.41, 5.74) is 3.57. The molecule has 0 bridgehead atoms. The predicted molar refractivity (Wildman–Crippen MR) is 86.3 cm³/mol. The third kappa shape index (κ3) is 2.66. The summed E-state index contributed by atoms with van der Waals surface area (Å²) < 4.78 is 5.07. The summed E-state index contributed by atoms with van der Waals surface area (Å²) in [6.07, 6.45) is 6.26. The van der Waals surface area contributed by atoms with Crippen LogP contribution in [0.3, 0.4) is 0 Å². The van der Waals surface area contributed by atoms with Crippen molar-refractivity contribution in [3.63, 3.8) is 0 Å². The Kier molecular flexibility index (Phi) is 3.79. The van der Waals surface area contributed by atoms with Gasteiger partial charge in [0.1, 0.15) is 0 Å². The van der Waals surface area contributed by atoms with Gasteiger partial charge in [0, 0.05) is 17.6 Å². The quantitative estimate of drug-likeness (QED) is 0.876. The SMILES string of the molecule is COc1cc(/C=C/C=C2Cc3ccccc3C2=O)ccc1O. The molecule has 0 atom stereocenters. The van der Waals surface area contributed by atoms with Crippen molar-refractivity contribution in [2.24, 2.45) is 0 Å². The molecule has 2 aromatic rings. The van der Waals surface area contributed by atoms with Gasteiger partial charge in [-0.05, 0) is 23.3 Å². The molecule has 1 aliphatic carbocycles. The van der Waals surface area contributed by atoms with E-state index >= 15 is 0 Å².